The van der Waals surface area contributed by atoms with Crippen molar-refractivity contribution in [1.29, 1.82) is 5.41 Å². The van der Waals surface area contributed by atoms with Crippen LogP contribution in [0.5, 0.6) is 17.2 Å². The summed E-state index contributed by atoms with van der Waals surface area (Å²) in [5, 5.41) is 19.3. The van der Waals surface area contributed by atoms with Crippen molar-refractivity contribution in [3.63, 3.8) is 0 Å². The standard InChI is InChI=1S/C26H33N3O5/c1-5-33-18-9-8-16-14-29(25(28)19(16)13-18)15-21(30)17-11-20(26(2,3)4)24(32)22(12-17)34-10-6-7-23(27)31/h8-9,11-13,28,32H,5-7,10,14-15H2,1-4H3,(H2,27,31). The SMILES string of the molecule is CCOc1ccc2c(c1)C(=N)N(CC(=O)c1cc(OCCCC(N)=O)c(O)c(C(C)(C)C)c1)C2. The Morgan fingerprint density at radius 3 is 2.56 bits per heavy atom. The Morgan fingerprint density at radius 1 is 1.18 bits per heavy atom. The summed E-state index contributed by atoms with van der Waals surface area (Å²) in [4.78, 5) is 26.0. The molecule has 34 heavy (non-hydrogen) atoms. The lowest BCUT2D eigenvalue weighted by Crippen LogP contribution is -2.30. The van der Waals surface area contributed by atoms with Gasteiger partial charge in [-0.15, -0.1) is 0 Å². The predicted molar refractivity (Wildman–Crippen MR) is 130 cm³/mol. The Balaban J connectivity index is 1.81. The number of nitrogens with one attached hydrogen (secondary N) is 1. The maximum atomic E-state index is 13.3. The van der Waals surface area contributed by atoms with Gasteiger partial charge in [-0.2, -0.15) is 0 Å². The topological polar surface area (TPSA) is 126 Å². The molecule has 1 aliphatic heterocycles. The van der Waals surface area contributed by atoms with E-state index in [1.165, 1.54) is 6.07 Å². The van der Waals surface area contributed by atoms with Crippen molar-refractivity contribution in [3.8, 4) is 17.2 Å². The second kappa shape index (κ2) is 10.2. The molecule has 3 rings (SSSR count). The maximum Gasteiger partial charge on any atom is 0.217 e. The largest absolute Gasteiger partial charge is 0.504 e. The van der Waals surface area contributed by atoms with Crippen LogP contribution in [0.25, 0.3) is 0 Å². The van der Waals surface area contributed by atoms with Crippen molar-refractivity contribution >= 4 is 17.5 Å². The van der Waals surface area contributed by atoms with Gasteiger partial charge in [0.05, 0.1) is 19.8 Å². The molecule has 0 radical (unpaired) electrons. The fourth-order valence-corrected chi connectivity index (χ4v) is 3.90. The monoisotopic (exact) mass is 467 g/mol. The maximum absolute atomic E-state index is 13.3. The van der Waals surface area contributed by atoms with E-state index in [4.69, 9.17) is 20.6 Å². The number of Topliss-reactive ketones (excluding diaryl/α,β-unsaturated/α-hetero) is 1. The van der Waals surface area contributed by atoms with Gasteiger partial charge in [-0.1, -0.05) is 26.8 Å². The van der Waals surface area contributed by atoms with E-state index >= 15 is 0 Å². The van der Waals surface area contributed by atoms with Crippen molar-refractivity contribution in [3.05, 3.63) is 52.6 Å². The molecule has 2 aromatic carbocycles. The Bertz CT molecular complexity index is 1100. The zero-order valence-electron chi connectivity index (χ0n) is 20.2. The van der Waals surface area contributed by atoms with Crippen LogP contribution in [0.2, 0.25) is 0 Å². The highest BCUT2D eigenvalue weighted by atomic mass is 16.5. The van der Waals surface area contributed by atoms with Crippen molar-refractivity contribution in [2.75, 3.05) is 19.8 Å². The van der Waals surface area contributed by atoms with E-state index in [2.05, 4.69) is 0 Å². The van der Waals surface area contributed by atoms with E-state index in [-0.39, 0.29) is 42.7 Å². The third-order valence-corrected chi connectivity index (χ3v) is 5.69. The fourth-order valence-electron chi connectivity index (χ4n) is 3.90. The summed E-state index contributed by atoms with van der Waals surface area (Å²) in [6.45, 7) is 8.94. The predicted octanol–water partition coefficient (Wildman–Crippen LogP) is 3.76. The molecular formula is C26H33N3O5. The molecule has 0 spiro atoms. The third-order valence-electron chi connectivity index (χ3n) is 5.69. The van der Waals surface area contributed by atoms with Crippen LogP contribution in [-0.4, -0.2) is 47.3 Å². The summed E-state index contributed by atoms with van der Waals surface area (Å²) in [6.07, 6.45) is 0.582. The van der Waals surface area contributed by atoms with Gasteiger partial charge < -0.3 is 25.2 Å². The Kier molecular flexibility index (Phi) is 7.49. The van der Waals surface area contributed by atoms with Gasteiger partial charge in [0, 0.05) is 29.7 Å². The first kappa shape index (κ1) is 25.1. The number of fused-ring (bicyclic) bond motifs is 1. The highest BCUT2D eigenvalue weighted by molar-refractivity contribution is 6.05. The van der Waals surface area contributed by atoms with E-state index in [0.29, 0.717) is 36.4 Å². The van der Waals surface area contributed by atoms with Crippen LogP contribution < -0.4 is 15.2 Å². The number of hydrogen-bond acceptors (Lipinski definition) is 6. The van der Waals surface area contributed by atoms with Gasteiger partial charge in [0.25, 0.3) is 0 Å². The number of primary amides is 1. The molecule has 0 bridgehead atoms. The molecule has 182 valence electrons. The zero-order valence-corrected chi connectivity index (χ0v) is 20.2. The Morgan fingerprint density at radius 2 is 1.91 bits per heavy atom. The molecule has 0 aromatic heterocycles. The van der Waals surface area contributed by atoms with Gasteiger partial charge in [0.15, 0.2) is 17.3 Å². The molecule has 1 amide bonds. The van der Waals surface area contributed by atoms with E-state index < -0.39 is 11.3 Å². The summed E-state index contributed by atoms with van der Waals surface area (Å²) in [7, 11) is 0. The molecular weight excluding hydrogens is 434 g/mol. The number of nitrogens with two attached hydrogens (primary N) is 1. The molecule has 4 N–H and O–H groups in total. The number of carbonyl (C=O) groups is 2. The van der Waals surface area contributed by atoms with Gasteiger partial charge in [-0.3, -0.25) is 15.0 Å². The van der Waals surface area contributed by atoms with E-state index in [1.807, 2.05) is 45.9 Å². The first-order valence-corrected chi connectivity index (χ1v) is 11.4. The van der Waals surface area contributed by atoms with Crippen molar-refractivity contribution in [1.82, 2.24) is 4.90 Å². The molecule has 0 fully saturated rings. The first-order valence-electron chi connectivity index (χ1n) is 11.4. The van der Waals surface area contributed by atoms with Gasteiger partial charge in [0.1, 0.15) is 11.6 Å². The minimum Gasteiger partial charge on any atom is -0.504 e. The van der Waals surface area contributed by atoms with E-state index in [0.717, 1.165) is 11.1 Å². The Labute approximate surface area is 200 Å². The molecule has 2 aromatic rings. The molecule has 0 atom stereocenters. The summed E-state index contributed by atoms with van der Waals surface area (Å²) in [6, 6.07) is 8.85. The zero-order chi connectivity index (χ0) is 25.0. The second-order valence-electron chi connectivity index (χ2n) is 9.42. The van der Waals surface area contributed by atoms with Crippen LogP contribution in [0.1, 0.15) is 67.6 Å². The number of benzene rings is 2. The van der Waals surface area contributed by atoms with Gasteiger partial charge in [0.2, 0.25) is 5.91 Å². The van der Waals surface area contributed by atoms with Crippen molar-refractivity contribution in [2.24, 2.45) is 5.73 Å². The highest BCUT2D eigenvalue weighted by Gasteiger charge is 2.28. The summed E-state index contributed by atoms with van der Waals surface area (Å²) in [5.74, 6) is 0.548. The van der Waals surface area contributed by atoms with E-state index in [9.17, 15) is 14.7 Å². The van der Waals surface area contributed by atoms with Crippen LogP contribution in [0.4, 0.5) is 0 Å². The molecule has 0 saturated heterocycles. The normalized spacial score (nSPS) is 13.1. The lowest BCUT2D eigenvalue weighted by Gasteiger charge is -2.24. The number of amidine groups is 1. The highest BCUT2D eigenvalue weighted by Crippen LogP contribution is 2.39. The average molecular weight is 468 g/mol. The number of phenolic OH excluding ortho intramolecular Hbond substituents is 1. The Hall–Kier alpha value is -3.55. The van der Waals surface area contributed by atoms with Crippen LogP contribution in [0.15, 0.2) is 30.3 Å². The molecule has 1 heterocycles. The number of ketones is 1. The summed E-state index contributed by atoms with van der Waals surface area (Å²) < 4.78 is 11.3. The van der Waals surface area contributed by atoms with Crippen molar-refractivity contribution in [2.45, 2.75) is 52.5 Å². The summed E-state index contributed by atoms with van der Waals surface area (Å²) >= 11 is 0. The lowest BCUT2D eigenvalue weighted by molar-refractivity contribution is -0.118. The van der Waals surface area contributed by atoms with Crippen LogP contribution >= 0.6 is 0 Å². The molecule has 1 aliphatic rings. The number of nitrogens with zero attached hydrogens (tertiary/aromatic N) is 1. The molecule has 0 aliphatic carbocycles. The van der Waals surface area contributed by atoms with Gasteiger partial charge >= 0.3 is 0 Å². The lowest BCUT2D eigenvalue weighted by atomic mass is 9.84. The van der Waals surface area contributed by atoms with E-state index in [1.54, 1.807) is 11.0 Å². The average Bonchev–Trinajstić information content (AvgIpc) is 3.06. The molecule has 8 heteroatoms. The third kappa shape index (κ3) is 5.68. The first-order chi connectivity index (χ1) is 16.0. The number of hydrogen-bond donors (Lipinski definition) is 3. The number of amides is 1. The minimum atomic E-state index is -0.433. The number of rotatable bonds is 10. The van der Waals surface area contributed by atoms with Crippen LogP contribution in [0, 0.1) is 5.41 Å². The molecule has 0 unspecified atom stereocenters. The van der Waals surface area contributed by atoms with Crippen LogP contribution in [-0.2, 0) is 16.8 Å². The van der Waals surface area contributed by atoms with Crippen LogP contribution in [0.3, 0.4) is 0 Å². The number of aromatic hydroxyl groups is 1. The molecule has 8 nitrogen and oxygen atoms in total. The van der Waals surface area contributed by atoms with Crippen molar-refractivity contribution < 1.29 is 24.2 Å². The fraction of sp³-hybridized carbons (Fsp3) is 0.423. The number of carbonyl (C=O) groups excluding carboxylic acids is 2. The van der Waals surface area contributed by atoms with Gasteiger partial charge in [-0.05, 0) is 48.6 Å². The van der Waals surface area contributed by atoms with Gasteiger partial charge in [-0.25, -0.2) is 0 Å². The quantitative estimate of drug-likeness (QED) is 0.361. The minimum absolute atomic E-state index is 0.0205. The number of phenols is 1. The molecule has 0 saturated carbocycles. The summed E-state index contributed by atoms with van der Waals surface area (Å²) in [5.41, 5.74) is 7.46. The smallest absolute Gasteiger partial charge is 0.217 e. The second-order valence-corrected chi connectivity index (χ2v) is 9.42. The number of ether oxygens (including phenoxy) is 2.